The van der Waals surface area contributed by atoms with E-state index in [9.17, 15) is 9.59 Å². The highest BCUT2D eigenvalue weighted by atomic mass is 16.7. The second kappa shape index (κ2) is 7.26. The Morgan fingerprint density at radius 1 is 1.21 bits per heavy atom. The van der Waals surface area contributed by atoms with Gasteiger partial charge in [-0.05, 0) is 24.8 Å². The SMILES string of the molecule is C[C@H]1OC(=O)[C@@H]2C=C3CC4(CCC3[C@H](C(=O)OCc3ccccc3)[C@H]12)OCCO4. The Kier molecular flexibility index (Phi) is 4.71. The van der Waals surface area contributed by atoms with E-state index in [1.807, 2.05) is 43.3 Å². The van der Waals surface area contributed by atoms with Crippen LogP contribution in [0.5, 0.6) is 0 Å². The van der Waals surface area contributed by atoms with Crippen molar-refractivity contribution in [2.24, 2.45) is 23.7 Å². The fourth-order valence-electron chi connectivity index (χ4n) is 5.56. The number of ether oxygens (including phenoxy) is 4. The van der Waals surface area contributed by atoms with Gasteiger partial charge in [0.05, 0.1) is 25.0 Å². The molecule has 1 saturated carbocycles. The normalized spacial score (nSPS) is 34.9. The molecule has 1 unspecified atom stereocenters. The lowest BCUT2D eigenvalue weighted by Gasteiger charge is -2.44. The standard InChI is InChI=1S/C23H26O6/c1-14-19-18(21(24)29-14)11-16-12-23(27-9-10-28-23)8-7-17(16)20(19)22(25)26-13-15-5-3-2-4-6-15/h2-6,11,14,17-20H,7-10,12-13H2,1H3/t14-,17?,18-,19-,20+/m1/s1. The molecule has 1 aromatic carbocycles. The molecule has 154 valence electrons. The van der Waals surface area contributed by atoms with Gasteiger partial charge in [0.1, 0.15) is 12.7 Å². The van der Waals surface area contributed by atoms with Gasteiger partial charge >= 0.3 is 11.9 Å². The molecule has 6 nitrogen and oxygen atoms in total. The number of hydrogen-bond acceptors (Lipinski definition) is 6. The molecule has 29 heavy (non-hydrogen) atoms. The van der Waals surface area contributed by atoms with E-state index in [1.54, 1.807) is 0 Å². The van der Waals surface area contributed by atoms with E-state index in [0.29, 0.717) is 19.6 Å². The Morgan fingerprint density at radius 2 is 1.97 bits per heavy atom. The van der Waals surface area contributed by atoms with E-state index in [4.69, 9.17) is 18.9 Å². The first-order chi connectivity index (χ1) is 14.1. The summed E-state index contributed by atoms with van der Waals surface area (Å²) < 4.78 is 23.0. The van der Waals surface area contributed by atoms with Crippen molar-refractivity contribution in [2.45, 2.75) is 44.7 Å². The zero-order chi connectivity index (χ0) is 20.0. The molecule has 6 heteroatoms. The van der Waals surface area contributed by atoms with Crippen molar-refractivity contribution < 1.29 is 28.5 Å². The van der Waals surface area contributed by atoms with Gasteiger partial charge in [0.2, 0.25) is 0 Å². The molecule has 0 N–H and O–H groups in total. The van der Waals surface area contributed by atoms with E-state index in [0.717, 1.165) is 24.0 Å². The summed E-state index contributed by atoms with van der Waals surface area (Å²) in [5.74, 6) is -2.02. The molecule has 5 atom stereocenters. The topological polar surface area (TPSA) is 71.1 Å². The smallest absolute Gasteiger partial charge is 0.313 e. The third-order valence-corrected chi connectivity index (χ3v) is 6.87. The van der Waals surface area contributed by atoms with Gasteiger partial charge in [0.15, 0.2) is 5.79 Å². The number of cyclic esters (lactones) is 1. The van der Waals surface area contributed by atoms with Crippen LogP contribution < -0.4 is 0 Å². The lowest BCUT2D eigenvalue weighted by atomic mass is 9.61. The number of hydrogen-bond donors (Lipinski definition) is 0. The highest BCUT2D eigenvalue weighted by molar-refractivity contribution is 5.82. The molecule has 2 aliphatic heterocycles. The minimum atomic E-state index is -0.595. The second-order valence-corrected chi connectivity index (χ2v) is 8.54. The van der Waals surface area contributed by atoms with E-state index >= 15 is 0 Å². The summed E-state index contributed by atoms with van der Waals surface area (Å²) in [6, 6.07) is 9.66. The summed E-state index contributed by atoms with van der Waals surface area (Å²) in [5, 5.41) is 0. The van der Waals surface area contributed by atoms with E-state index in [1.165, 1.54) is 0 Å². The number of rotatable bonds is 3. The van der Waals surface area contributed by atoms with Crippen LogP contribution in [-0.2, 0) is 35.1 Å². The second-order valence-electron chi connectivity index (χ2n) is 8.54. The summed E-state index contributed by atoms with van der Waals surface area (Å²) in [6.07, 6.45) is 3.85. The fraction of sp³-hybridized carbons (Fsp3) is 0.565. The molecule has 0 radical (unpaired) electrons. The van der Waals surface area contributed by atoms with Crippen molar-refractivity contribution in [3.05, 3.63) is 47.5 Å². The monoisotopic (exact) mass is 398 g/mol. The molecule has 3 fully saturated rings. The zero-order valence-corrected chi connectivity index (χ0v) is 16.5. The number of carbonyl (C=O) groups is 2. The van der Waals surface area contributed by atoms with Crippen LogP contribution in [0.15, 0.2) is 42.0 Å². The average Bonchev–Trinajstić information content (AvgIpc) is 3.29. The Labute approximate surface area is 170 Å². The van der Waals surface area contributed by atoms with Gasteiger partial charge in [-0.3, -0.25) is 9.59 Å². The summed E-state index contributed by atoms with van der Waals surface area (Å²) in [6.45, 7) is 3.29. The van der Waals surface area contributed by atoms with Gasteiger partial charge in [-0.25, -0.2) is 0 Å². The fourth-order valence-corrected chi connectivity index (χ4v) is 5.56. The van der Waals surface area contributed by atoms with E-state index < -0.39 is 11.7 Å². The predicted octanol–water partition coefficient (Wildman–Crippen LogP) is 3.01. The van der Waals surface area contributed by atoms with E-state index in [2.05, 4.69) is 0 Å². The molecule has 2 saturated heterocycles. The summed E-state index contributed by atoms with van der Waals surface area (Å²) in [7, 11) is 0. The first-order valence-electron chi connectivity index (χ1n) is 10.5. The number of carbonyl (C=O) groups excluding carboxylic acids is 2. The molecule has 0 bridgehead atoms. The molecule has 0 aromatic heterocycles. The van der Waals surface area contributed by atoms with Gasteiger partial charge in [0, 0.05) is 18.8 Å². The number of benzene rings is 1. The molecule has 4 aliphatic rings. The molecule has 2 aliphatic carbocycles. The maximum Gasteiger partial charge on any atom is 0.313 e. The van der Waals surface area contributed by atoms with Crippen LogP contribution in [-0.4, -0.2) is 37.0 Å². The van der Waals surface area contributed by atoms with Gasteiger partial charge in [-0.1, -0.05) is 42.0 Å². The first-order valence-corrected chi connectivity index (χ1v) is 10.5. The molecule has 0 amide bonds. The largest absolute Gasteiger partial charge is 0.462 e. The highest BCUT2D eigenvalue weighted by Gasteiger charge is 2.57. The van der Waals surface area contributed by atoms with Crippen molar-refractivity contribution in [3.8, 4) is 0 Å². The van der Waals surface area contributed by atoms with Gasteiger partial charge in [-0.2, -0.15) is 0 Å². The Balaban J connectivity index is 1.41. The van der Waals surface area contributed by atoms with Crippen molar-refractivity contribution in [1.82, 2.24) is 0 Å². The minimum Gasteiger partial charge on any atom is -0.462 e. The molecule has 1 aromatic rings. The highest BCUT2D eigenvalue weighted by Crippen LogP contribution is 2.53. The Hall–Kier alpha value is -2.18. The van der Waals surface area contributed by atoms with E-state index in [-0.39, 0.29) is 42.4 Å². The van der Waals surface area contributed by atoms with Crippen LogP contribution in [0.25, 0.3) is 0 Å². The van der Waals surface area contributed by atoms with Crippen molar-refractivity contribution in [1.29, 1.82) is 0 Å². The van der Waals surface area contributed by atoms with Crippen molar-refractivity contribution >= 4 is 11.9 Å². The van der Waals surface area contributed by atoms with Gasteiger partial charge in [-0.15, -0.1) is 0 Å². The third kappa shape index (κ3) is 3.28. The van der Waals surface area contributed by atoms with Crippen LogP contribution in [0.3, 0.4) is 0 Å². The first kappa shape index (κ1) is 18.8. The molecular formula is C23H26O6. The molecule has 5 rings (SSSR count). The molecular weight excluding hydrogens is 372 g/mol. The van der Waals surface area contributed by atoms with Crippen LogP contribution >= 0.6 is 0 Å². The minimum absolute atomic E-state index is 0.0369. The zero-order valence-electron chi connectivity index (χ0n) is 16.5. The van der Waals surface area contributed by atoms with Crippen LogP contribution in [0.1, 0.15) is 31.7 Å². The maximum atomic E-state index is 13.3. The van der Waals surface area contributed by atoms with Gasteiger partial charge < -0.3 is 18.9 Å². The van der Waals surface area contributed by atoms with Crippen LogP contribution in [0, 0.1) is 23.7 Å². The number of fused-ring (bicyclic) bond motifs is 2. The van der Waals surface area contributed by atoms with Crippen molar-refractivity contribution in [3.63, 3.8) is 0 Å². The quantitative estimate of drug-likeness (QED) is 0.576. The molecule has 2 heterocycles. The molecule has 1 spiro atoms. The summed E-state index contributed by atoms with van der Waals surface area (Å²) in [4.78, 5) is 25.7. The Morgan fingerprint density at radius 3 is 2.72 bits per heavy atom. The van der Waals surface area contributed by atoms with Crippen LogP contribution in [0.2, 0.25) is 0 Å². The van der Waals surface area contributed by atoms with Crippen LogP contribution in [0.4, 0.5) is 0 Å². The lowest BCUT2D eigenvalue weighted by molar-refractivity contribution is -0.179. The third-order valence-electron chi connectivity index (χ3n) is 6.87. The Bertz CT molecular complexity index is 825. The summed E-state index contributed by atoms with van der Waals surface area (Å²) >= 11 is 0. The lowest BCUT2D eigenvalue weighted by Crippen LogP contribution is -2.47. The maximum absolute atomic E-state index is 13.3. The average molecular weight is 398 g/mol. The van der Waals surface area contributed by atoms with Gasteiger partial charge in [0.25, 0.3) is 0 Å². The summed E-state index contributed by atoms with van der Waals surface area (Å²) in [5.41, 5.74) is 2.03. The predicted molar refractivity (Wildman–Crippen MR) is 102 cm³/mol. The number of esters is 2. The van der Waals surface area contributed by atoms with Crippen molar-refractivity contribution in [2.75, 3.05) is 13.2 Å².